The Labute approximate surface area is 121 Å². The maximum atomic E-state index is 12.2. The standard InChI is InChI=1S/C15H13N3O3/c1-21-13-3-2-9(6-12(13)16)8-18-14(19)10-4-5-17-7-11(10)15(18)20/h2-7H,8,16H2,1H3. The van der Waals surface area contributed by atoms with Crippen LogP contribution >= 0.6 is 0 Å². The molecule has 106 valence electrons. The van der Waals surface area contributed by atoms with Crippen LogP contribution in [0.5, 0.6) is 5.75 Å². The van der Waals surface area contributed by atoms with Crippen LogP contribution in [-0.2, 0) is 6.54 Å². The number of ether oxygens (including phenoxy) is 1. The number of imide groups is 1. The minimum Gasteiger partial charge on any atom is -0.495 e. The summed E-state index contributed by atoms with van der Waals surface area (Å²) in [7, 11) is 1.53. The molecule has 6 heteroatoms. The third kappa shape index (κ3) is 2.10. The number of nitrogens with zero attached hydrogens (tertiary/aromatic N) is 2. The van der Waals surface area contributed by atoms with Gasteiger partial charge in [0.15, 0.2) is 0 Å². The lowest BCUT2D eigenvalue weighted by molar-refractivity contribution is 0.0642. The lowest BCUT2D eigenvalue weighted by Gasteiger charge is -2.14. The van der Waals surface area contributed by atoms with E-state index in [9.17, 15) is 9.59 Å². The molecule has 0 saturated heterocycles. The van der Waals surface area contributed by atoms with E-state index in [4.69, 9.17) is 10.5 Å². The first kappa shape index (κ1) is 13.1. The van der Waals surface area contributed by atoms with Gasteiger partial charge in [-0.3, -0.25) is 19.5 Å². The fourth-order valence-corrected chi connectivity index (χ4v) is 2.34. The Morgan fingerprint density at radius 3 is 2.62 bits per heavy atom. The van der Waals surface area contributed by atoms with E-state index in [0.717, 1.165) is 5.56 Å². The van der Waals surface area contributed by atoms with Crippen molar-refractivity contribution in [3.8, 4) is 5.75 Å². The van der Waals surface area contributed by atoms with Crippen LogP contribution in [0.4, 0.5) is 5.69 Å². The summed E-state index contributed by atoms with van der Waals surface area (Å²) in [5.74, 6) is -0.0883. The Morgan fingerprint density at radius 2 is 1.95 bits per heavy atom. The molecule has 0 spiro atoms. The number of aromatic nitrogens is 1. The second-order valence-corrected chi connectivity index (χ2v) is 4.69. The Hall–Kier alpha value is -2.89. The molecule has 0 fully saturated rings. The number of carbonyl (C=O) groups excluding carboxylic acids is 2. The van der Waals surface area contributed by atoms with E-state index in [1.54, 1.807) is 24.3 Å². The number of hydrogen-bond acceptors (Lipinski definition) is 5. The van der Waals surface area contributed by atoms with Gasteiger partial charge in [0.2, 0.25) is 0 Å². The third-order valence-corrected chi connectivity index (χ3v) is 3.41. The zero-order chi connectivity index (χ0) is 15.0. The summed E-state index contributed by atoms with van der Waals surface area (Å²) in [6.45, 7) is 0.167. The first-order chi connectivity index (χ1) is 10.1. The van der Waals surface area contributed by atoms with E-state index >= 15 is 0 Å². The molecule has 0 aliphatic carbocycles. The molecule has 2 N–H and O–H groups in total. The monoisotopic (exact) mass is 283 g/mol. The van der Waals surface area contributed by atoms with E-state index in [-0.39, 0.29) is 18.4 Å². The minimum atomic E-state index is -0.336. The SMILES string of the molecule is COc1ccc(CN2C(=O)c3ccncc3C2=O)cc1N. The molecular weight excluding hydrogens is 270 g/mol. The molecule has 0 saturated carbocycles. The van der Waals surface area contributed by atoms with Crippen molar-refractivity contribution in [3.63, 3.8) is 0 Å². The Balaban J connectivity index is 1.88. The highest BCUT2D eigenvalue weighted by atomic mass is 16.5. The molecule has 0 radical (unpaired) electrons. The van der Waals surface area contributed by atoms with Crippen LogP contribution < -0.4 is 10.5 Å². The van der Waals surface area contributed by atoms with Gasteiger partial charge in [-0.2, -0.15) is 0 Å². The van der Waals surface area contributed by atoms with Crippen LogP contribution in [0.25, 0.3) is 0 Å². The van der Waals surface area contributed by atoms with E-state index in [1.807, 2.05) is 0 Å². The van der Waals surface area contributed by atoms with Gasteiger partial charge in [-0.1, -0.05) is 6.07 Å². The zero-order valence-electron chi connectivity index (χ0n) is 11.4. The first-order valence-electron chi connectivity index (χ1n) is 6.34. The molecule has 2 amide bonds. The van der Waals surface area contributed by atoms with Gasteiger partial charge in [0.05, 0.1) is 30.5 Å². The maximum Gasteiger partial charge on any atom is 0.263 e. The number of pyridine rings is 1. The van der Waals surface area contributed by atoms with E-state index in [2.05, 4.69) is 4.98 Å². The number of rotatable bonds is 3. The molecule has 0 atom stereocenters. The van der Waals surface area contributed by atoms with Crippen LogP contribution in [0.3, 0.4) is 0 Å². The summed E-state index contributed by atoms with van der Waals surface area (Å²) in [4.78, 5) is 29.5. The summed E-state index contributed by atoms with van der Waals surface area (Å²) in [5.41, 5.74) is 7.78. The van der Waals surface area contributed by atoms with Gasteiger partial charge in [0.25, 0.3) is 11.8 Å². The van der Waals surface area contributed by atoms with Crippen molar-refractivity contribution in [1.29, 1.82) is 0 Å². The summed E-state index contributed by atoms with van der Waals surface area (Å²) < 4.78 is 5.08. The zero-order valence-corrected chi connectivity index (χ0v) is 11.4. The molecule has 1 aromatic carbocycles. The molecule has 2 aromatic rings. The topological polar surface area (TPSA) is 85.5 Å². The number of carbonyl (C=O) groups is 2. The van der Waals surface area contributed by atoms with Crippen molar-refractivity contribution in [2.24, 2.45) is 0 Å². The molecule has 1 aliphatic heterocycles. The predicted molar refractivity (Wildman–Crippen MR) is 75.8 cm³/mol. The summed E-state index contributed by atoms with van der Waals surface area (Å²) in [6.07, 6.45) is 2.91. The third-order valence-electron chi connectivity index (χ3n) is 3.41. The van der Waals surface area contributed by atoms with E-state index < -0.39 is 0 Å². The summed E-state index contributed by atoms with van der Waals surface area (Å²) in [6, 6.07) is 6.74. The summed E-state index contributed by atoms with van der Waals surface area (Å²) in [5, 5.41) is 0. The normalized spacial score (nSPS) is 13.5. The second kappa shape index (κ2) is 4.90. The first-order valence-corrected chi connectivity index (χ1v) is 6.34. The fourth-order valence-electron chi connectivity index (χ4n) is 2.34. The number of benzene rings is 1. The molecule has 21 heavy (non-hydrogen) atoms. The molecule has 0 unspecified atom stereocenters. The smallest absolute Gasteiger partial charge is 0.263 e. The predicted octanol–water partition coefficient (Wildman–Crippen LogP) is 1.47. The Bertz CT molecular complexity index is 708. The number of nitrogen functional groups attached to an aromatic ring is 1. The van der Waals surface area contributed by atoms with Crippen molar-refractivity contribution >= 4 is 17.5 Å². The van der Waals surface area contributed by atoms with Gasteiger partial charge in [-0.15, -0.1) is 0 Å². The summed E-state index contributed by atoms with van der Waals surface area (Å²) >= 11 is 0. The molecule has 3 rings (SSSR count). The van der Waals surface area contributed by atoms with Crippen LogP contribution in [0.15, 0.2) is 36.7 Å². The van der Waals surface area contributed by atoms with Gasteiger partial charge in [-0.05, 0) is 23.8 Å². The van der Waals surface area contributed by atoms with Crippen molar-refractivity contribution < 1.29 is 14.3 Å². The number of fused-ring (bicyclic) bond motifs is 1. The van der Waals surface area contributed by atoms with Crippen molar-refractivity contribution in [3.05, 3.63) is 53.3 Å². The van der Waals surface area contributed by atoms with Crippen LogP contribution in [0, 0.1) is 0 Å². The molecule has 1 aliphatic rings. The molecule has 0 bridgehead atoms. The van der Waals surface area contributed by atoms with E-state index in [1.165, 1.54) is 24.4 Å². The van der Waals surface area contributed by atoms with Gasteiger partial charge in [0.1, 0.15) is 5.75 Å². The lowest BCUT2D eigenvalue weighted by atomic mass is 10.1. The molecule has 1 aromatic heterocycles. The second-order valence-electron chi connectivity index (χ2n) is 4.69. The quantitative estimate of drug-likeness (QED) is 0.681. The van der Waals surface area contributed by atoms with Crippen LogP contribution in [-0.4, -0.2) is 28.8 Å². The minimum absolute atomic E-state index is 0.167. The number of anilines is 1. The highest BCUT2D eigenvalue weighted by Gasteiger charge is 2.35. The van der Waals surface area contributed by atoms with Crippen molar-refractivity contribution in [2.45, 2.75) is 6.54 Å². The molecule has 2 heterocycles. The lowest BCUT2D eigenvalue weighted by Crippen LogP contribution is -2.29. The van der Waals surface area contributed by atoms with E-state index in [0.29, 0.717) is 22.6 Å². The van der Waals surface area contributed by atoms with Gasteiger partial charge >= 0.3 is 0 Å². The fraction of sp³-hybridized carbons (Fsp3) is 0.133. The molecule has 6 nitrogen and oxygen atoms in total. The van der Waals surface area contributed by atoms with Crippen LogP contribution in [0.1, 0.15) is 26.3 Å². The highest BCUT2D eigenvalue weighted by molar-refractivity contribution is 6.21. The van der Waals surface area contributed by atoms with Crippen LogP contribution in [0.2, 0.25) is 0 Å². The average Bonchev–Trinajstić information content (AvgIpc) is 2.73. The number of hydrogen-bond donors (Lipinski definition) is 1. The number of amides is 2. The maximum absolute atomic E-state index is 12.2. The van der Waals surface area contributed by atoms with Gasteiger partial charge in [-0.25, -0.2) is 0 Å². The number of methoxy groups -OCH3 is 1. The highest BCUT2D eigenvalue weighted by Crippen LogP contribution is 2.26. The molecular formula is C15H13N3O3. The number of nitrogens with two attached hydrogens (primary N) is 1. The van der Waals surface area contributed by atoms with Crippen molar-refractivity contribution in [2.75, 3.05) is 12.8 Å². The van der Waals surface area contributed by atoms with Gasteiger partial charge < -0.3 is 10.5 Å². The average molecular weight is 283 g/mol. The largest absolute Gasteiger partial charge is 0.495 e. The Morgan fingerprint density at radius 1 is 1.19 bits per heavy atom. The van der Waals surface area contributed by atoms with Crippen molar-refractivity contribution in [1.82, 2.24) is 9.88 Å². The van der Waals surface area contributed by atoms with Gasteiger partial charge in [0, 0.05) is 12.4 Å². The Kier molecular flexibility index (Phi) is 3.06.